The summed E-state index contributed by atoms with van der Waals surface area (Å²) in [5.74, 6) is 1.06. The number of thioether (sulfide) groups is 1. The first-order valence-electron chi connectivity index (χ1n) is 11.4. The van der Waals surface area contributed by atoms with Crippen molar-refractivity contribution < 1.29 is 14.3 Å². The first-order valence-corrected chi connectivity index (χ1v) is 12.4. The maximum atomic E-state index is 12.5. The van der Waals surface area contributed by atoms with Gasteiger partial charge >= 0.3 is 0 Å². The number of rotatable bonds is 10. The normalized spacial score (nSPS) is 15.4. The average Bonchev–Trinajstić information content (AvgIpc) is 3.27. The Bertz CT molecular complexity index is 1180. The molecular weight excluding hydrogens is 458 g/mol. The predicted octanol–water partition coefficient (Wildman–Crippen LogP) is 4.83. The molecule has 0 aromatic heterocycles. The molecule has 1 heterocycles. The molecule has 3 aromatic rings. The van der Waals surface area contributed by atoms with Crippen LogP contribution in [0.1, 0.15) is 32.4 Å². The van der Waals surface area contributed by atoms with Crippen molar-refractivity contribution in [1.82, 2.24) is 10.3 Å². The molecule has 1 aliphatic rings. The molecule has 3 aromatic carbocycles. The molecule has 7 heteroatoms. The van der Waals surface area contributed by atoms with Crippen molar-refractivity contribution >= 4 is 29.8 Å². The lowest BCUT2D eigenvalue weighted by atomic mass is 10.1. The van der Waals surface area contributed by atoms with Crippen molar-refractivity contribution in [3.05, 3.63) is 114 Å². The Hall–Kier alpha value is -3.84. The Morgan fingerprint density at radius 1 is 1.09 bits per heavy atom. The maximum absolute atomic E-state index is 12.5. The Morgan fingerprint density at radius 2 is 1.83 bits per heavy atom. The van der Waals surface area contributed by atoms with E-state index >= 15 is 0 Å². The first-order chi connectivity index (χ1) is 17.1. The van der Waals surface area contributed by atoms with Gasteiger partial charge in [0.1, 0.15) is 17.7 Å². The molecule has 0 bridgehead atoms. The standard InChI is InChI=1S/C28H27N3O3S/c1-2-18-34-25-14-8-22(9-15-25)19-29-30-27(33)23-10-12-24(13-11-23)28-31(26(32)20-35-28)17-16-21-6-4-3-5-7-21/h2-15,19,28H,1,16-18,20H2,(H,30,33)/b29-19-/t28-/m1/s1. The molecule has 0 saturated carbocycles. The lowest BCUT2D eigenvalue weighted by Gasteiger charge is -2.24. The van der Waals surface area contributed by atoms with Gasteiger partial charge in [0.05, 0.1) is 12.0 Å². The van der Waals surface area contributed by atoms with Gasteiger partial charge in [-0.2, -0.15) is 5.10 Å². The third-order valence-corrected chi connectivity index (χ3v) is 6.79. The van der Waals surface area contributed by atoms with Gasteiger partial charge in [-0.3, -0.25) is 9.59 Å². The number of amides is 2. The topological polar surface area (TPSA) is 71.0 Å². The van der Waals surface area contributed by atoms with Crippen LogP contribution in [0.4, 0.5) is 0 Å². The van der Waals surface area contributed by atoms with Gasteiger partial charge in [0.15, 0.2) is 0 Å². The molecule has 1 fully saturated rings. The quantitative estimate of drug-likeness (QED) is 0.254. The summed E-state index contributed by atoms with van der Waals surface area (Å²) < 4.78 is 5.45. The van der Waals surface area contributed by atoms with Crippen LogP contribution in [-0.2, 0) is 11.2 Å². The molecule has 2 amide bonds. The minimum atomic E-state index is -0.296. The molecule has 6 nitrogen and oxygen atoms in total. The fourth-order valence-corrected chi connectivity index (χ4v) is 4.92. The van der Waals surface area contributed by atoms with E-state index in [2.05, 4.69) is 29.2 Å². The van der Waals surface area contributed by atoms with Gasteiger partial charge in [-0.25, -0.2) is 5.43 Å². The summed E-state index contributed by atoms with van der Waals surface area (Å²) >= 11 is 1.62. The minimum absolute atomic E-state index is 0.0419. The van der Waals surface area contributed by atoms with E-state index < -0.39 is 0 Å². The Labute approximate surface area is 209 Å². The molecule has 0 aliphatic carbocycles. The highest BCUT2D eigenvalue weighted by Crippen LogP contribution is 2.38. The van der Waals surface area contributed by atoms with Crippen LogP contribution in [0, 0.1) is 0 Å². The molecule has 35 heavy (non-hydrogen) atoms. The van der Waals surface area contributed by atoms with E-state index in [1.54, 1.807) is 36.2 Å². The molecule has 1 atom stereocenters. The average molecular weight is 486 g/mol. The van der Waals surface area contributed by atoms with Crippen molar-refractivity contribution in [3.63, 3.8) is 0 Å². The van der Waals surface area contributed by atoms with Gasteiger partial charge in [0.2, 0.25) is 5.91 Å². The number of hydrazone groups is 1. The first kappa shape index (κ1) is 24.3. The second-order valence-corrected chi connectivity index (χ2v) is 9.04. The number of carbonyl (C=O) groups excluding carboxylic acids is 2. The molecule has 0 unspecified atom stereocenters. The summed E-state index contributed by atoms with van der Waals surface area (Å²) in [6.07, 6.45) is 4.08. The smallest absolute Gasteiger partial charge is 0.271 e. The summed E-state index contributed by atoms with van der Waals surface area (Å²) in [5, 5.41) is 4.00. The van der Waals surface area contributed by atoms with Crippen LogP contribution in [0.25, 0.3) is 0 Å². The third kappa shape index (κ3) is 6.61. The number of nitrogens with zero attached hydrogens (tertiary/aromatic N) is 2. The molecular formula is C28H27N3O3S. The Morgan fingerprint density at radius 3 is 2.54 bits per heavy atom. The molecule has 1 saturated heterocycles. The fraction of sp³-hybridized carbons (Fsp3) is 0.179. The van der Waals surface area contributed by atoms with E-state index in [0.29, 0.717) is 24.5 Å². The highest BCUT2D eigenvalue weighted by Gasteiger charge is 2.32. The monoisotopic (exact) mass is 485 g/mol. The van der Waals surface area contributed by atoms with E-state index in [9.17, 15) is 9.59 Å². The maximum Gasteiger partial charge on any atom is 0.271 e. The second-order valence-electron chi connectivity index (χ2n) is 7.98. The lowest BCUT2D eigenvalue weighted by Crippen LogP contribution is -2.30. The second kappa shape index (κ2) is 12.0. The van der Waals surface area contributed by atoms with E-state index in [-0.39, 0.29) is 17.2 Å². The number of hydrogen-bond acceptors (Lipinski definition) is 5. The van der Waals surface area contributed by atoms with Gasteiger partial charge in [0, 0.05) is 12.1 Å². The third-order valence-electron chi connectivity index (χ3n) is 5.54. The number of ether oxygens (including phenoxy) is 1. The zero-order chi connectivity index (χ0) is 24.5. The number of hydrogen-bond donors (Lipinski definition) is 1. The van der Waals surface area contributed by atoms with Crippen molar-refractivity contribution in [2.24, 2.45) is 5.10 Å². The fourth-order valence-electron chi connectivity index (χ4n) is 3.70. The van der Waals surface area contributed by atoms with Crippen LogP contribution in [0.15, 0.2) is 96.6 Å². The number of benzene rings is 3. The molecule has 1 N–H and O–H groups in total. The van der Waals surface area contributed by atoms with E-state index in [0.717, 1.165) is 23.3 Å². The lowest BCUT2D eigenvalue weighted by molar-refractivity contribution is -0.128. The van der Waals surface area contributed by atoms with E-state index in [1.807, 2.05) is 59.5 Å². The van der Waals surface area contributed by atoms with Crippen LogP contribution >= 0.6 is 11.8 Å². The summed E-state index contributed by atoms with van der Waals surface area (Å²) in [5.41, 5.74) is 6.11. The van der Waals surface area contributed by atoms with Gasteiger partial charge < -0.3 is 9.64 Å². The van der Waals surface area contributed by atoms with Gasteiger partial charge in [-0.1, -0.05) is 55.1 Å². The zero-order valence-corrected chi connectivity index (χ0v) is 20.1. The van der Waals surface area contributed by atoms with Crippen LogP contribution in [-0.4, -0.2) is 41.8 Å². The number of nitrogens with one attached hydrogen (secondary N) is 1. The summed E-state index contributed by atoms with van der Waals surface area (Å²) in [6.45, 7) is 4.73. The summed E-state index contributed by atoms with van der Waals surface area (Å²) in [6, 6.07) is 24.9. The summed E-state index contributed by atoms with van der Waals surface area (Å²) in [7, 11) is 0. The van der Waals surface area contributed by atoms with Crippen molar-refractivity contribution in [2.45, 2.75) is 11.8 Å². The minimum Gasteiger partial charge on any atom is -0.490 e. The van der Waals surface area contributed by atoms with E-state index in [4.69, 9.17) is 4.74 Å². The molecule has 4 rings (SSSR count). The SMILES string of the molecule is C=CCOc1ccc(/C=N\NC(=O)c2ccc([C@H]3SCC(=O)N3CCc3ccccc3)cc2)cc1. The molecule has 0 spiro atoms. The largest absolute Gasteiger partial charge is 0.490 e. The van der Waals surface area contributed by atoms with Gasteiger partial charge in [-0.05, 0) is 59.5 Å². The van der Waals surface area contributed by atoms with Crippen molar-refractivity contribution in [2.75, 3.05) is 18.9 Å². The highest BCUT2D eigenvalue weighted by atomic mass is 32.2. The Kier molecular flexibility index (Phi) is 8.35. The van der Waals surface area contributed by atoms with Crippen LogP contribution in [0.3, 0.4) is 0 Å². The Balaban J connectivity index is 1.32. The van der Waals surface area contributed by atoms with Crippen LogP contribution < -0.4 is 10.2 Å². The van der Waals surface area contributed by atoms with Crippen molar-refractivity contribution in [3.8, 4) is 5.75 Å². The molecule has 0 radical (unpaired) electrons. The highest BCUT2D eigenvalue weighted by molar-refractivity contribution is 8.00. The van der Waals surface area contributed by atoms with Crippen LogP contribution in [0.2, 0.25) is 0 Å². The van der Waals surface area contributed by atoms with Gasteiger partial charge in [-0.15, -0.1) is 11.8 Å². The molecule has 178 valence electrons. The molecule has 1 aliphatic heterocycles. The summed E-state index contributed by atoms with van der Waals surface area (Å²) in [4.78, 5) is 26.9. The van der Waals surface area contributed by atoms with Crippen LogP contribution in [0.5, 0.6) is 5.75 Å². The predicted molar refractivity (Wildman–Crippen MR) is 141 cm³/mol. The van der Waals surface area contributed by atoms with E-state index in [1.165, 1.54) is 5.56 Å². The van der Waals surface area contributed by atoms with Crippen molar-refractivity contribution in [1.29, 1.82) is 0 Å². The van der Waals surface area contributed by atoms with Gasteiger partial charge in [0.25, 0.3) is 5.91 Å². The number of carbonyl (C=O) groups is 2. The zero-order valence-electron chi connectivity index (χ0n) is 19.3.